The zero-order valence-electron chi connectivity index (χ0n) is 27.0. The van der Waals surface area contributed by atoms with E-state index in [-0.39, 0.29) is 40.9 Å². The number of unbranched alkanes of at least 4 members (excludes halogenated alkanes) is 1. The molecule has 1 saturated heterocycles. The Balaban J connectivity index is 1.34. The van der Waals surface area contributed by atoms with Crippen molar-refractivity contribution >= 4 is 23.2 Å². The van der Waals surface area contributed by atoms with Crippen molar-refractivity contribution in [3.8, 4) is 0 Å². The third-order valence-corrected chi connectivity index (χ3v) is 12.1. The number of rotatable bonds is 10. The minimum atomic E-state index is -0.791. The Morgan fingerprint density at radius 2 is 2.09 bits per heavy atom. The zero-order valence-corrected chi connectivity index (χ0v) is 27.8. The summed E-state index contributed by atoms with van der Waals surface area (Å²) in [6.45, 7) is 7.06. The number of carbonyl (C=O) groups excluding carboxylic acids is 1. The maximum absolute atomic E-state index is 14.2. The van der Waals surface area contributed by atoms with Crippen LogP contribution in [0.25, 0.3) is 0 Å². The summed E-state index contributed by atoms with van der Waals surface area (Å²) < 4.78 is 0. The highest BCUT2D eigenvalue weighted by Crippen LogP contribution is 2.75. The molecule has 2 saturated carbocycles. The van der Waals surface area contributed by atoms with Gasteiger partial charge < -0.3 is 32.1 Å². The van der Waals surface area contributed by atoms with Crippen molar-refractivity contribution < 1.29 is 9.90 Å². The Bertz CT molecular complexity index is 1050. The monoisotopic (exact) mass is 619 g/mol. The minimum Gasteiger partial charge on any atom is -0.390 e. The van der Waals surface area contributed by atoms with Crippen LogP contribution in [0.2, 0.25) is 0 Å². The van der Waals surface area contributed by atoms with E-state index in [9.17, 15) is 9.90 Å². The predicted molar refractivity (Wildman–Crippen MR) is 175 cm³/mol. The van der Waals surface area contributed by atoms with Crippen LogP contribution in [0.1, 0.15) is 84.5 Å². The molecule has 1 amide bonds. The Kier molecular flexibility index (Phi) is 10.6. The summed E-state index contributed by atoms with van der Waals surface area (Å²) in [5, 5.41) is 18.9. The van der Waals surface area contributed by atoms with E-state index >= 15 is 0 Å². The molecule has 0 aromatic heterocycles. The van der Waals surface area contributed by atoms with Gasteiger partial charge in [0.1, 0.15) is 0 Å². The SMILES string of the molecule is CCCCC(C)C1=NCC(NC(=O)C(C(N)N)C2CC34CCCC[C@]3(/C=C(/Cl)CN2)C4)C(N2CC[C@H](N(C)C)[C@@H](O)C2)C1. The molecule has 5 rings (SSSR count). The number of aliphatic hydroxyl groups excluding tert-OH is 1. The summed E-state index contributed by atoms with van der Waals surface area (Å²) >= 11 is 6.72. The van der Waals surface area contributed by atoms with Gasteiger partial charge in [0.05, 0.1) is 30.8 Å². The first-order valence-corrected chi connectivity index (χ1v) is 17.4. The van der Waals surface area contributed by atoms with Gasteiger partial charge in [0.25, 0.3) is 0 Å². The normalized spacial score (nSPS) is 39.4. The topological polar surface area (TPSA) is 132 Å². The number of β-amino-alcohol motifs (C(OH)–C–C–N with tert-alkyl or cyclic N) is 1. The molecular formula is C33H58ClN7O2. The second-order valence-electron chi connectivity index (χ2n) is 14.8. The van der Waals surface area contributed by atoms with Crippen molar-refractivity contribution in [1.82, 2.24) is 20.4 Å². The van der Waals surface area contributed by atoms with Crippen LogP contribution in [0, 0.1) is 22.7 Å². The lowest BCUT2D eigenvalue weighted by Gasteiger charge is -2.46. The summed E-state index contributed by atoms with van der Waals surface area (Å²) in [6.07, 6.45) is 13.1. The standard InChI is InChI=1S/C33H58ClN7O2/c1-5-6-9-21(2)23-14-27(41-13-10-26(40(3)4)28(42)19-41)25(18-38-23)39-31(43)29(30(35)36)24-16-33-12-8-7-11-32(33,20-33)15-22(34)17-37-24/h15,21,24-30,37,42H,5-14,16-20,35-36H2,1-4H3,(H,39,43)/b22-15+/t21?,24?,25?,26-,27?,28-,29?,32-,33?/m0/s1. The van der Waals surface area contributed by atoms with Crippen molar-refractivity contribution in [3.05, 3.63) is 11.1 Å². The lowest BCUT2D eigenvalue weighted by atomic mass is 9.73. The average Bonchev–Trinajstić information content (AvgIpc) is 3.60. The van der Waals surface area contributed by atoms with Gasteiger partial charge in [0.15, 0.2) is 0 Å². The number of amides is 1. The number of nitrogens with one attached hydrogen (secondary N) is 2. The van der Waals surface area contributed by atoms with E-state index in [1.807, 2.05) is 14.1 Å². The molecular weight excluding hydrogens is 562 g/mol. The number of nitrogens with two attached hydrogens (primary N) is 2. The average molecular weight is 620 g/mol. The first-order valence-electron chi connectivity index (χ1n) is 17.0. The Morgan fingerprint density at radius 1 is 1.33 bits per heavy atom. The molecule has 9 nitrogen and oxygen atoms in total. The van der Waals surface area contributed by atoms with Crippen LogP contribution in [-0.2, 0) is 4.79 Å². The van der Waals surface area contributed by atoms with E-state index in [0.717, 1.165) is 43.7 Å². The largest absolute Gasteiger partial charge is 0.390 e. The molecule has 0 radical (unpaired) electrons. The summed E-state index contributed by atoms with van der Waals surface area (Å²) in [7, 11) is 4.07. The Hall–Kier alpha value is -1.07. The molecule has 43 heavy (non-hydrogen) atoms. The molecule has 0 spiro atoms. The number of aliphatic hydroxyl groups is 1. The van der Waals surface area contributed by atoms with Gasteiger partial charge in [0, 0.05) is 54.9 Å². The molecule has 244 valence electrons. The molecule has 0 aromatic carbocycles. The van der Waals surface area contributed by atoms with Gasteiger partial charge in [-0.3, -0.25) is 14.7 Å². The number of likely N-dealkylation sites (tertiary alicyclic amines) is 1. The predicted octanol–water partition coefficient (Wildman–Crippen LogP) is 2.80. The van der Waals surface area contributed by atoms with Gasteiger partial charge in [-0.2, -0.15) is 0 Å². The maximum Gasteiger partial charge on any atom is 0.227 e. The van der Waals surface area contributed by atoms with Crippen molar-refractivity contribution in [2.24, 2.45) is 39.1 Å². The number of hydrogen-bond acceptors (Lipinski definition) is 8. The highest BCUT2D eigenvalue weighted by molar-refractivity contribution is 6.29. The number of carbonyl (C=O) groups is 1. The van der Waals surface area contributed by atoms with Crippen molar-refractivity contribution in [3.63, 3.8) is 0 Å². The molecule has 0 bridgehead atoms. The summed E-state index contributed by atoms with van der Waals surface area (Å²) in [4.78, 5) is 23.8. The van der Waals surface area contributed by atoms with Crippen molar-refractivity contribution in [1.29, 1.82) is 0 Å². The molecule has 9 atom stereocenters. The van der Waals surface area contributed by atoms with Crippen LogP contribution in [0.15, 0.2) is 16.1 Å². The highest BCUT2D eigenvalue weighted by Gasteiger charge is 2.67. The molecule has 3 fully saturated rings. The Labute approximate surface area is 264 Å². The van der Waals surface area contributed by atoms with Gasteiger partial charge in [-0.15, -0.1) is 0 Å². The summed E-state index contributed by atoms with van der Waals surface area (Å²) in [5.74, 6) is -0.251. The van der Waals surface area contributed by atoms with E-state index in [4.69, 9.17) is 28.1 Å². The van der Waals surface area contributed by atoms with E-state index in [1.54, 1.807) is 0 Å². The maximum atomic E-state index is 14.2. The zero-order chi connectivity index (χ0) is 30.9. The van der Waals surface area contributed by atoms with Crippen molar-refractivity contribution in [2.45, 2.75) is 121 Å². The second-order valence-corrected chi connectivity index (χ2v) is 15.3. The van der Waals surface area contributed by atoms with Crippen LogP contribution in [0.3, 0.4) is 0 Å². The fourth-order valence-corrected chi connectivity index (χ4v) is 9.49. The van der Waals surface area contributed by atoms with Gasteiger partial charge in [-0.25, -0.2) is 0 Å². The number of halogens is 1. The molecule has 2 aliphatic carbocycles. The van der Waals surface area contributed by atoms with E-state index in [0.29, 0.717) is 25.6 Å². The fourth-order valence-electron chi connectivity index (χ4n) is 9.20. The van der Waals surface area contributed by atoms with Crippen LogP contribution >= 0.6 is 11.6 Å². The third kappa shape index (κ3) is 7.03. The number of likely N-dealkylation sites (N-methyl/N-ethyl adjacent to an activating group) is 1. The lowest BCUT2D eigenvalue weighted by molar-refractivity contribution is -0.128. The lowest BCUT2D eigenvalue weighted by Crippen LogP contribution is -2.64. The quantitative estimate of drug-likeness (QED) is 0.238. The Morgan fingerprint density at radius 3 is 2.79 bits per heavy atom. The molecule has 0 aromatic rings. The first kappa shape index (κ1) is 33.3. The number of hydrogen-bond donors (Lipinski definition) is 5. The van der Waals surface area contributed by atoms with E-state index in [2.05, 4.69) is 40.4 Å². The van der Waals surface area contributed by atoms with Gasteiger partial charge in [-0.05, 0) is 69.4 Å². The summed E-state index contributed by atoms with van der Waals surface area (Å²) in [6, 6.07) is -0.0909. The molecule has 3 aliphatic heterocycles. The molecule has 6 unspecified atom stereocenters. The van der Waals surface area contributed by atoms with E-state index in [1.165, 1.54) is 44.2 Å². The molecule has 7 N–H and O–H groups in total. The second kappa shape index (κ2) is 13.7. The fraction of sp³-hybridized carbons (Fsp3) is 0.879. The van der Waals surface area contributed by atoms with E-state index < -0.39 is 18.2 Å². The number of nitrogens with zero attached hydrogens (tertiary/aromatic N) is 3. The molecule has 3 heterocycles. The third-order valence-electron chi connectivity index (χ3n) is 11.8. The van der Waals surface area contributed by atoms with Crippen LogP contribution in [0.5, 0.6) is 0 Å². The van der Waals surface area contributed by atoms with Gasteiger partial charge >= 0.3 is 0 Å². The summed E-state index contributed by atoms with van der Waals surface area (Å²) in [5.41, 5.74) is 14.4. The van der Waals surface area contributed by atoms with Gasteiger partial charge in [-0.1, -0.05) is 57.2 Å². The number of aliphatic imine (C=N–C) groups is 1. The van der Waals surface area contributed by atoms with Gasteiger partial charge in [0.2, 0.25) is 5.91 Å². The van der Waals surface area contributed by atoms with Crippen LogP contribution < -0.4 is 22.1 Å². The highest BCUT2D eigenvalue weighted by atomic mass is 35.5. The molecule has 10 heteroatoms. The minimum absolute atomic E-state index is 0.0728. The van der Waals surface area contributed by atoms with Crippen molar-refractivity contribution in [2.75, 3.05) is 40.3 Å². The smallest absolute Gasteiger partial charge is 0.227 e. The number of piperidine rings is 1. The van der Waals surface area contributed by atoms with Crippen LogP contribution in [-0.4, -0.2) is 103 Å². The number of allylic oxidation sites excluding steroid dienone is 1. The van der Waals surface area contributed by atoms with Crippen LogP contribution in [0.4, 0.5) is 0 Å². The molecule has 5 aliphatic rings. The first-order chi connectivity index (χ1) is 20.5.